The predicted octanol–water partition coefficient (Wildman–Crippen LogP) is 3.40. The molecule has 1 unspecified atom stereocenters. The number of carbonyl (C=O) groups excluding carboxylic acids is 1. The molecule has 0 saturated carbocycles. The van der Waals surface area contributed by atoms with Crippen LogP contribution in [0.1, 0.15) is 53.9 Å². The molecule has 0 aliphatic carbocycles. The maximum absolute atomic E-state index is 11.4. The molecule has 0 saturated heterocycles. The highest BCUT2D eigenvalue weighted by Gasteiger charge is 2.20. The standard InChI is InChI=1S/C12H24O2/c1-6-10(3)9-14-11(13)8-12(4,5)7-2/h10H,6-9H2,1-5H3. The maximum atomic E-state index is 11.4. The highest BCUT2D eigenvalue weighted by atomic mass is 16.5. The largest absolute Gasteiger partial charge is 0.465 e. The van der Waals surface area contributed by atoms with E-state index in [1.807, 2.05) is 0 Å². The quantitative estimate of drug-likeness (QED) is 0.614. The van der Waals surface area contributed by atoms with Gasteiger partial charge >= 0.3 is 5.97 Å². The van der Waals surface area contributed by atoms with Gasteiger partial charge in [0.15, 0.2) is 0 Å². The summed E-state index contributed by atoms with van der Waals surface area (Å²) >= 11 is 0. The second-order valence-corrected chi connectivity index (χ2v) is 4.89. The summed E-state index contributed by atoms with van der Waals surface area (Å²) in [5, 5.41) is 0. The van der Waals surface area contributed by atoms with Gasteiger partial charge in [-0.2, -0.15) is 0 Å². The van der Waals surface area contributed by atoms with Gasteiger partial charge in [0.05, 0.1) is 13.0 Å². The second kappa shape index (κ2) is 6.05. The minimum absolute atomic E-state index is 0.0582. The Kier molecular flexibility index (Phi) is 5.82. The molecule has 0 fully saturated rings. The fourth-order valence-corrected chi connectivity index (χ4v) is 0.920. The first-order valence-corrected chi connectivity index (χ1v) is 5.57. The van der Waals surface area contributed by atoms with E-state index < -0.39 is 0 Å². The molecule has 0 heterocycles. The summed E-state index contributed by atoms with van der Waals surface area (Å²) in [6, 6.07) is 0. The van der Waals surface area contributed by atoms with Gasteiger partial charge < -0.3 is 4.74 Å². The molecule has 2 nitrogen and oxygen atoms in total. The molecular formula is C12H24O2. The third-order valence-corrected chi connectivity index (χ3v) is 2.81. The Bertz CT molecular complexity index is 173. The predicted molar refractivity (Wildman–Crippen MR) is 59.1 cm³/mol. The number of rotatable bonds is 6. The lowest BCUT2D eigenvalue weighted by Crippen LogP contribution is -2.19. The minimum Gasteiger partial charge on any atom is -0.465 e. The van der Waals surface area contributed by atoms with Crippen molar-refractivity contribution in [1.29, 1.82) is 0 Å². The fraction of sp³-hybridized carbons (Fsp3) is 0.917. The van der Waals surface area contributed by atoms with Gasteiger partial charge in [0.25, 0.3) is 0 Å². The van der Waals surface area contributed by atoms with E-state index in [1.165, 1.54) is 0 Å². The van der Waals surface area contributed by atoms with Crippen LogP contribution in [0.5, 0.6) is 0 Å². The lowest BCUT2D eigenvalue weighted by molar-refractivity contribution is -0.147. The Morgan fingerprint density at radius 1 is 1.36 bits per heavy atom. The number of hydrogen-bond acceptors (Lipinski definition) is 2. The summed E-state index contributed by atoms with van der Waals surface area (Å²) < 4.78 is 5.19. The van der Waals surface area contributed by atoms with Gasteiger partial charge in [0.2, 0.25) is 0 Å². The summed E-state index contributed by atoms with van der Waals surface area (Å²) in [5.74, 6) is 0.417. The van der Waals surface area contributed by atoms with Gasteiger partial charge in [-0.1, -0.05) is 47.5 Å². The second-order valence-electron chi connectivity index (χ2n) is 4.89. The van der Waals surface area contributed by atoms with Gasteiger partial charge in [-0.25, -0.2) is 0 Å². The van der Waals surface area contributed by atoms with Crippen molar-refractivity contribution >= 4 is 5.97 Å². The Hall–Kier alpha value is -0.530. The van der Waals surface area contributed by atoms with E-state index >= 15 is 0 Å². The van der Waals surface area contributed by atoms with Crippen LogP contribution in [-0.4, -0.2) is 12.6 Å². The van der Waals surface area contributed by atoms with Gasteiger partial charge in [0, 0.05) is 0 Å². The Morgan fingerprint density at radius 3 is 2.36 bits per heavy atom. The van der Waals surface area contributed by atoms with Crippen molar-refractivity contribution in [3.05, 3.63) is 0 Å². The molecular weight excluding hydrogens is 176 g/mol. The first kappa shape index (κ1) is 13.5. The number of ether oxygens (including phenoxy) is 1. The van der Waals surface area contributed by atoms with E-state index in [9.17, 15) is 4.79 Å². The molecule has 0 aliphatic heterocycles. The summed E-state index contributed by atoms with van der Waals surface area (Å²) in [4.78, 5) is 11.4. The van der Waals surface area contributed by atoms with Crippen molar-refractivity contribution in [3.63, 3.8) is 0 Å². The number of esters is 1. The Labute approximate surface area is 88.0 Å². The number of hydrogen-bond donors (Lipinski definition) is 0. The van der Waals surface area contributed by atoms with E-state index in [0.29, 0.717) is 18.9 Å². The first-order valence-electron chi connectivity index (χ1n) is 5.57. The summed E-state index contributed by atoms with van der Waals surface area (Å²) in [6.45, 7) is 11.1. The van der Waals surface area contributed by atoms with Gasteiger partial charge in [0.1, 0.15) is 0 Å². The molecule has 0 aromatic carbocycles. The molecule has 0 aliphatic rings. The molecule has 0 N–H and O–H groups in total. The highest BCUT2D eigenvalue weighted by molar-refractivity contribution is 5.70. The van der Waals surface area contributed by atoms with E-state index in [1.54, 1.807) is 0 Å². The zero-order valence-corrected chi connectivity index (χ0v) is 10.2. The molecule has 14 heavy (non-hydrogen) atoms. The summed E-state index contributed by atoms with van der Waals surface area (Å²) in [6.07, 6.45) is 2.59. The van der Waals surface area contributed by atoms with Crippen LogP contribution in [0.4, 0.5) is 0 Å². The molecule has 0 bridgehead atoms. The van der Waals surface area contributed by atoms with E-state index in [4.69, 9.17) is 4.74 Å². The van der Waals surface area contributed by atoms with Crippen LogP contribution in [-0.2, 0) is 9.53 Å². The maximum Gasteiger partial charge on any atom is 0.306 e. The van der Waals surface area contributed by atoms with Crippen LogP contribution in [0.3, 0.4) is 0 Å². The van der Waals surface area contributed by atoms with Crippen LogP contribution in [0.15, 0.2) is 0 Å². The molecule has 0 rings (SSSR count). The molecule has 0 aromatic rings. The molecule has 1 atom stereocenters. The van der Waals surface area contributed by atoms with Crippen molar-refractivity contribution in [2.45, 2.75) is 53.9 Å². The van der Waals surface area contributed by atoms with E-state index in [2.05, 4.69) is 34.6 Å². The van der Waals surface area contributed by atoms with Crippen LogP contribution in [0.25, 0.3) is 0 Å². The van der Waals surface area contributed by atoms with Crippen LogP contribution in [0.2, 0.25) is 0 Å². The minimum atomic E-state index is -0.0582. The molecule has 84 valence electrons. The SMILES string of the molecule is CCC(C)COC(=O)CC(C)(C)CC. The monoisotopic (exact) mass is 200 g/mol. The first-order chi connectivity index (χ1) is 6.41. The number of carbonyl (C=O) groups is 1. The van der Waals surface area contributed by atoms with Crippen molar-refractivity contribution in [3.8, 4) is 0 Å². The van der Waals surface area contributed by atoms with Crippen molar-refractivity contribution in [2.24, 2.45) is 11.3 Å². The Morgan fingerprint density at radius 2 is 1.93 bits per heavy atom. The van der Waals surface area contributed by atoms with Crippen molar-refractivity contribution < 1.29 is 9.53 Å². The average molecular weight is 200 g/mol. The summed E-state index contributed by atoms with van der Waals surface area (Å²) in [7, 11) is 0. The van der Waals surface area contributed by atoms with Crippen LogP contribution < -0.4 is 0 Å². The third kappa shape index (κ3) is 6.01. The van der Waals surface area contributed by atoms with E-state index in [0.717, 1.165) is 12.8 Å². The Balaban J connectivity index is 3.76. The van der Waals surface area contributed by atoms with Crippen LogP contribution in [0, 0.1) is 11.3 Å². The zero-order chi connectivity index (χ0) is 11.2. The molecule has 0 amide bonds. The fourth-order valence-electron chi connectivity index (χ4n) is 0.920. The van der Waals surface area contributed by atoms with Gasteiger partial charge in [-0.15, -0.1) is 0 Å². The zero-order valence-electron chi connectivity index (χ0n) is 10.2. The lowest BCUT2D eigenvalue weighted by atomic mass is 9.87. The third-order valence-electron chi connectivity index (χ3n) is 2.81. The van der Waals surface area contributed by atoms with Crippen LogP contribution >= 0.6 is 0 Å². The topological polar surface area (TPSA) is 26.3 Å². The van der Waals surface area contributed by atoms with Gasteiger partial charge in [-0.3, -0.25) is 4.79 Å². The molecule has 0 radical (unpaired) electrons. The van der Waals surface area contributed by atoms with Crippen molar-refractivity contribution in [2.75, 3.05) is 6.61 Å². The highest BCUT2D eigenvalue weighted by Crippen LogP contribution is 2.24. The van der Waals surface area contributed by atoms with Gasteiger partial charge in [-0.05, 0) is 11.3 Å². The lowest BCUT2D eigenvalue weighted by Gasteiger charge is -2.21. The molecule has 0 spiro atoms. The van der Waals surface area contributed by atoms with Crippen molar-refractivity contribution in [1.82, 2.24) is 0 Å². The average Bonchev–Trinajstić information content (AvgIpc) is 2.13. The van der Waals surface area contributed by atoms with E-state index in [-0.39, 0.29) is 11.4 Å². The normalized spacial score (nSPS) is 13.8. The molecule has 2 heteroatoms. The summed E-state index contributed by atoms with van der Waals surface area (Å²) in [5.41, 5.74) is 0.0759. The molecule has 0 aromatic heterocycles. The smallest absolute Gasteiger partial charge is 0.306 e.